The van der Waals surface area contributed by atoms with Crippen molar-refractivity contribution < 1.29 is 9.59 Å². The molecule has 6 nitrogen and oxygen atoms in total. The molecular formula is C22H28N4O2. The van der Waals surface area contributed by atoms with Gasteiger partial charge in [-0.1, -0.05) is 37.3 Å². The lowest BCUT2D eigenvalue weighted by atomic mass is 9.99. The molecule has 1 saturated heterocycles. The lowest BCUT2D eigenvalue weighted by Gasteiger charge is -2.31. The number of hydrogen-bond acceptors (Lipinski definition) is 4. The lowest BCUT2D eigenvalue weighted by molar-refractivity contribution is -0.132. The summed E-state index contributed by atoms with van der Waals surface area (Å²) in [6, 6.07) is 9.80. The summed E-state index contributed by atoms with van der Waals surface area (Å²) in [5, 5.41) is 0. The molecule has 1 aliphatic heterocycles. The lowest BCUT2D eigenvalue weighted by Crippen LogP contribution is -2.40. The molecule has 1 fully saturated rings. The van der Waals surface area contributed by atoms with Gasteiger partial charge in [-0.05, 0) is 31.2 Å². The van der Waals surface area contributed by atoms with E-state index in [0.29, 0.717) is 31.1 Å². The Morgan fingerprint density at radius 2 is 1.82 bits per heavy atom. The first kappa shape index (κ1) is 20.0. The second-order valence-electron chi connectivity index (χ2n) is 7.57. The van der Waals surface area contributed by atoms with Crippen LogP contribution < -0.4 is 0 Å². The summed E-state index contributed by atoms with van der Waals surface area (Å²) in [5.41, 5.74) is 2.09. The smallest absolute Gasteiger partial charge is 0.274 e. The molecule has 0 N–H and O–H groups in total. The minimum Gasteiger partial charge on any atom is -0.343 e. The van der Waals surface area contributed by atoms with Crippen molar-refractivity contribution in [2.75, 3.05) is 19.6 Å². The Bertz CT molecular complexity index is 784. The van der Waals surface area contributed by atoms with E-state index in [9.17, 15) is 9.59 Å². The Morgan fingerprint density at radius 3 is 2.46 bits per heavy atom. The van der Waals surface area contributed by atoms with Crippen LogP contribution in [0.15, 0.2) is 42.7 Å². The molecule has 2 aromatic rings. The second kappa shape index (κ2) is 9.44. The van der Waals surface area contributed by atoms with Crippen LogP contribution in [-0.4, -0.2) is 51.2 Å². The van der Waals surface area contributed by atoms with Gasteiger partial charge in [0.1, 0.15) is 5.69 Å². The Kier molecular flexibility index (Phi) is 6.74. The number of benzene rings is 1. The average molecular weight is 380 g/mol. The van der Waals surface area contributed by atoms with E-state index < -0.39 is 0 Å². The van der Waals surface area contributed by atoms with Crippen molar-refractivity contribution in [2.45, 2.75) is 39.7 Å². The summed E-state index contributed by atoms with van der Waals surface area (Å²) in [7, 11) is 0. The highest BCUT2D eigenvalue weighted by Gasteiger charge is 2.23. The van der Waals surface area contributed by atoms with Crippen LogP contribution >= 0.6 is 0 Å². The molecule has 1 aliphatic rings. The van der Waals surface area contributed by atoms with Gasteiger partial charge in [0.2, 0.25) is 5.91 Å². The van der Waals surface area contributed by atoms with Crippen molar-refractivity contribution in [1.82, 2.24) is 19.8 Å². The molecule has 2 heterocycles. The molecule has 3 rings (SSSR count). The summed E-state index contributed by atoms with van der Waals surface area (Å²) < 4.78 is 0. The predicted octanol–water partition coefficient (Wildman–Crippen LogP) is 3.08. The maximum Gasteiger partial charge on any atom is 0.274 e. The molecule has 28 heavy (non-hydrogen) atoms. The number of nitrogens with zero attached hydrogens (tertiary/aromatic N) is 4. The van der Waals surface area contributed by atoms with Crippen LogP contribution in [0, 0.1) is 12.8 Å². The Morgan fingerprint density at radius 1 is 1.11 bits per heavy atom. The Hall–Kier alpha value is -2.76. The summed E-state index contributed by atoms with van der Waals surface area (Å²) in [5.74, 6) is 0.601. The number of piperidine rings is 1. The fourth-order valence-electron chi connectivity index (χ4n) is 3.37. The molecule has 0 atom stereocenters. The SMILES string of the molecule is Cc1cnc(C(=O)N(CCC(=O)N2CCC(C)CC2)Cc2ccccc2)cn1. The minimum atomic E-state index is -0.198. The Labute approximate surface area is 166 Å². The standard InChI is InChI=1S/C22H28N4O2/c1-17-8-11-25(12-9-17)21(27)10-13-26(16-19-6-4-3-5-7-19)22(28)20-15-23-18(2)14-24-20/h3-7,14-15,17H,8-13,16H2,1-2H3. The van der Waals surface area contributed by atoms with E-state index in [1.165, 1.54) is 6.20 Å². The molecule has 0 unspecified atom stereocenters. The normalized spacial score (nSPS) is 14.7. The average Bonchev–Trinajstić information content (AvgIpc) is 2.72. The van der Waals surface area contributed by atoms with Gasteiger partial charge in [0.25, 0.3) is 5.91 Å². The van der Waals surface area contributed by atoms with Gasteiger partial charge in [0.05, 0.1) is 11.9 Å². The van der Waals surface area contributed by atoms with Crippen molar-refractivity contribution in [3.05, 3.63) is 59.7 Å². The summed E-state index contributed by atoms with van der Waals surface area (Å²) in [4.78, 5) is 37.6. The highest BCUT2D eigenvalue weighted by molar-refractivity contribution is 5.92. The highest BCUT2D eigenvalue weighted by atomic mass is 16.2. The first-order chi connectivity index (χ1) is 13.5. The largest absolute Gasteiger partial charge is 0.343 e. The fraction of sp³-hybridized carbons (Fsp3) is 0.455. The highest BCUT2D eigenvalue weighted by Crippen LogP contribution is 2.17. The van der Waals surface area contributed by atoms with Crippen LogP contribution in [0.3, 0.4) is 0 Å². The minimum absolute atomic E-state index is 0.118. The van der Waals surface area contributed by atoms with Crippen molar-refractivity contribution in [1.29, 1.82) is 0 Å². The molecule has 0 saturated carbocycles. The molecule has 2 amide bonds. The molecular weight excluding hydrogens is 352 g/mol. The number of rotatable bonds is 6. The van der Waals surface area contributed by atoms with E-state index in [0.717, 1.165) is 37.2 Å². The third-order valence-corrected chi connectivity index (χ3v) is 5.24. The number of hydrogen-bond donors (Lipinski definition) is 0. The summed E-state index contributed by atoms with van der Waals surface area (Å²) >= 11 is 0. The Balaban J connectivity index is 1.68. The zero-order chi connectivity index (χ0) is 19.9. The van der Waals surface area contributed by atoms with Gasteiger partial charge in [-0.25, -0.2) is 4.98 Å². The number of aromatic nitrogens is 2. The predicted molar refractivity (Wildman–Crippen MR) is 108 cm³/mol. The van der Waals surface area contributed by atoms with Gasteiger partial charge in [-0.3, -0.25) is 14.6 Å². The number of carbonyl (C=O) groups is 2. The first-order valence-electron chi connectivity index (χ1n) is 9.92. The van der Waals surface area contributed by atoms with E-state index in [-0.39, 0.29) is 11.8 Å². The maximum atomic E-state index is 13.0. The molecule has 0 bridgehead atoms. The van der Waals surface area contributed by atoms with Gasteiger partial charge in [-0.15, -0.1) is 0 Å². The fourth-order valence-corrected chi connectivity index (χ4v) is 3.37. The number of likely N-dealkylation sites (tertiary alicyclic amines) is 1. The van der Waals surface area contributed by atoms with Crippen LogP contribution in [0.2, 0.25) is 0 Å². The number of carbonyl (C=O) groups excluding carboxylic acids is 2. The quantitative estimate of drug-likeness (QED) is 0.772. The maximum absolute atomic E-state index is 13.0. The number of amides is 2. The van der Waals surface area contributed by atoms with Crippen LogP contribution in [0.1, 0.15) is 47.9 Å². The van der Waals surface area contributed by atoms with E-state index in [2.05, 4.69) is 16.9 Å². The topological polar surface area (TPSA) is 66.4 Å². The number of aryl methyl sites for hydroxylation is 1. The third-order valence-electron chi connectivity index (χ3n) is 5.24. The van der Waals surface area contributed by atoms with Crippen LogP contribution in [0.5, 0.6) is 0 Å². The van der Waals surface area contributed by atoms with Crippen molar-refractivity contribution in [3.8, 4) is 0 Å². The van der Waals surface area contributed by atoms with Crippen LogP contribution in [0.4, 0.5) is 0 Å². The molecule has 0 aliphatic carbocycles. The zero-order valence-corrected chi connectivity index (χ0v) is 16.7. The van der Waals surface area contributed by atoms with Crippen LogP contribution in [-0.2, 0) is 11.3 Å². The van der Waals surface area contributed by atoms with E-state index in [1.54, 1.807) is 11.1 Å². The van der Waals surface area contributed by atoms with Crippen molar-refractivity contribution >= 4 is 11.8 Å². The summed E-state index contributed by atoms with van der Waals surface area (Å²) in [6.45, 7) is 6.51. The van der Waals surface area contributed by atoms with Gasteiger partial charge in [0, 0.05) is 38.8 Å². The van der Waals surface area contributed by atoms with Crippen LogP contribution in [0.25, 0.3) is 0 Å². The van der Waals surface area contributed by atoms with Gasteiger partial charge >= 0.3 is 0 Å². The van der Waals surface area contributed by atoms with Gasteiger partial charge < -0.3 is 9.80 Å². The molecule has 1 aromatic carbocycles. The summed E-state index contributed by atoms with van der Waals surface area (Å²) in [6.07, 6.45) is 5.53. The zero-order valence-electron chi connectivity index (χ0n) is 16.7. The molecule has 6 heteroatoms. The first-order valence-corrected chi connectivity index (χ1v) is 9.92. The van der Waals surface area contributed by atoms with Crippen molar-refractivity contribution in [3.63, 3.8) is 0 Å². The van der Waals surface area contributed by atoms with Gasteiger partial charge in [0.15, 0.2) is 0 Å². The van der Waals surface area contributed by atoms with E-state index in [1.807, 2.05) is 42.2 Å². The van der Waals surface area contributed by atoms with Gasteiger partial charge in [-0.2, -0.15) is 0 Å². The molecule has 1 aromatic heterocycles. The molecule has 0 radical (unpaired) electrons. The van der Waals surface area contributed by atoms with E-state index in [4.69, 9.17) is 0 Å². The third kappa shape index (κ3) is 5.38. The molecule has 0 spiro atoms. The van der Waals surface area contributed by atoms with E-state index >= 15 is 0 Å². The molecule has 148 valence electrons. The monoisotopic (exact) mass is 380 g/mol. The van der Waals surface area contributed by atoms with Crippen molar-refractivity contribution in [2.24, 2.45) is 5.92 Å². The second-order valence-corrected chi connectivity index (χ2v) is 7.57.